The van der Waals surface area contributed by atoms with Crippen LogP contribution in [0.2, 0.25) is 0 Å². The molecule has 17 heavy (non-hydrogen) atoms. The topological polar surface area (TPSA) is 26.7 Å². The molecule has 0 bridgehead atoms. The van der Waals surface area contributed by atoms with Crippen LogP contribution in [-0.2, 0) is 0 Å². The van der Waals surface area contributed by atoms with E-state index in [4.69, 9.17) is 0 Å². The van der Waals surface area contributed by atoms with Crippen molar-refractivity contribution in [2.75, 3.05) is 39.8 Å². The van der Waals surface area contributed by atoms with Gasteiger partial charge in [-0.1, -0.05) is 19.8 Å². The van der Waals surface area contributed by atoms with E-state index in [1.165, 1.54) is 58.4 Å². The first-order valence-electron chi connectivity index (χ1n) is 7.31. The second-order valence-electron chi connectivity index (χ2n) is 5.44. The van der Waals surface area contributed by atoms with E-state index in [-0.39, 0.29) is 6.10 Å². The van der Waals surface area contributed by atoms with Crippen LogP contribution in [0.4, 0.5) is 0 Å². The molecule has 1 N–H and O–H groups in total. The Balaban J connectivity index is 1.93. The van der Waals surface area contributed by atoms with Gasteiger partial charge >= 0.3 is 0 Å². The van der Waals surface area contributed by atoms with Gasteiger partial charge in [-0.15, -0.1) is 0 Å². The van der Waals surface area contributed by atoms with Gasteiger partial charge in [-0.2, -0.15) is 0 Å². The van der Waals surface area contributed by atoms with Crippen molar-refractivity contribution in [2.45, 2.75) is 51.6 Å². The number of aliphatic hydroxyl groups is 1. The van der Waals surface area contributed by atoms with E-state index in [1.807, 2.05) is 0 Å². The third-order valence-corrected chi connectivity index (χ3v) is 3.75. The lowest BCUT2D eigenvalue weighted by Gasteiger charge is -2.32. The van der Waals surface area contributed by atoms with Crippen LogP contribution in [0.1, 0.15) is 45.4 Å². The Bertz CT molecular complexity index is 179. The zero-order valence-corrected chi connectivity index (χ0v) is 11.7. The van der Waals surface area contributed by atoms with Gasteiger partial charge in [-0.05, 0) is 39.3 Å². The van der Waals surface area contributed by atoms with Gasteiger partial charge in [0.05, 0.1) is 6.10 Å². The molecule has 0 saturated carbocycles. The maximum atomic E-state index is 9.73. The quantitative estimate of drug-likeness (QED) is 0.659. The van der Waals surface area contributed by atoms with Gasteiger partial charge in [0, 0.05) is 26.2 Å². The minimum atomic E-state index is -0.0533. The van der Waals surface area contributed by atoms with E-state index in [0.717, 1.165) is 12.8 Å². The van der Waals surface area contributed by atoms with Gasteiger partial charge in [-0.25, -0.2) is 0 Å². The van der Waals surface area contributed by atoms with Gasteiger partial charge in [0.25, 0.3) is 0 Å². The molecule has 0 spiro atoms. The van der Waals surface area contributed by atoms with E-state index >= 15 is 0 Å². The molecule has 1 heterocycles. The van der Waals surface area contributed by atoms with Crippen LogP contribution in [0, 0.1) is 0 Å². The maximum absolute atomic E-state index is 9.73. The summed E-state index contributed by atoms with van der Waals surface area (Å²) >= 11 is 0. The molecule has 3 nitrogen and oxygen atoms in total. The first-order valence-corrected chi connectivity index (χ1v) is 7.31. The lowest BCUT2D eigenvalue weighted by atomic mass is 10.1. The molecule has 0 aromatic carbocycles. The van der Waals surface area contributed by atoms with Crippen molar-refractivity contribution in [1.82, 2.24) is 9.80 Å². The van der Waals surface area contributed by atoms with Crippen molar-refractivity contribution < 1.29 is 5.11 Å². The highest BCUT2D eigenvalue weighted by Gasteiger charge is 2.12. The Labute approximate surface area is 107 Å². The van der Waals surface area contributed by atoms with Crippen LogP contribution >= 0.6 is 0 Å². The monoisotopic (exact) mass is 242 g/mol. The summed E-state index contributed by atoms with van der Waals surface area (Å²) < 4.78 is 0. The van der Waals surface area contributed by atoms with Crippen molar-refractivity contribution in [3.8, 4) is 0 Å². The Morgan fingerprint density at radius 2 is 1.65 bits per heavy atom. The molecule has 1 fully saturated rings. The molecule has 1 aliphatic rings. The van der Waals surface area contributed by atoms with E-state index < -0.39 is 0 Å². The molecule has 1 saturated heterocycles. The number of likely N-dealkylation sites (N-methyl/N-ethyl adjacent to an activating group) is 1. The van der Waals surface area contributed by atoms with Gasteiger partial charge in [-0.3, -0.25) is 0 Å². The first-order chi connectivity index (χ1) is 8.22. The standard InChI is InChI=1S/C14H30N2O/c1-3-4-7-14(17)8-5-6-9-16-12-10-15(2)11-13-16/h14,17H,3-13H2,1-2H3/t14-/m0/s1. The average Bonchev–Trinajstić information content (AvgIpc) is 2.34. The van der Waals surface area contributed by atoms with E-state index in [0.29, 0.717) is 0 Å². The predicted octanol–water partition coefficient (Wildman–Crippen LogP) is 1.96. The van der Waals surface area contributed by atoms with Crippen LogP contribution in [0.15, 0.2) is 0 Å². The number of aliphatic hydroxyl groups excluding tert-OH is 1. The Morgan fingerprint density at radius 3 is 2.29 bits per heavy atom. The molecule has 0 aliphatic carbocycles. The Morgan fingerprint density at radius 1 is 1.00 bits per heavy atom. The zero-order valence-electron chi connectivity index (χ0n) is 11.7. The summed E-state index contributed by atoms with van der Waals surface area (Å²) in [5.41, 5.74) is 0. The lowest BCUT2D eigenvalue weighted by Crippen LogP contribution is -2.44. The average molecular weight is 242 g/mol. The van der Waals surface area contributed by atoms with Crippen molar-refractivity contribution in [1.29, 1.82) is 0 Å². The minimum Gasteiger partial charge on any atom is -0.393 e. The maximum Gasteiger partial charge on any atom is 0.0540 e. The molecule has 1 atom stereocenters. The normalized spacial score (nSPS) is 20.6. The van der Waals surface area contributed by atoms with E-state index in [2.05, 4.69) is 23.8 Å². The van der Waals surface area contributed by atoms with Crippen LogP contribution < -0.4 is 0 Å². The molecule has 0 amide bonds. The number of hydrogen-bond acceptors (Lipinski definition) is 3. The molecule has 102 valence electrons. The highest BCUT2D eigenvalue weighted by Crippen LogP contribution is 2.09. The van der Waals surface area contributed by atoms with Gasteiger partial charge < -0.3 is 14.9 Å². The Hall–Kier alpha value is -0.120. The third kappa shape index (κ3) is 7.02. The molecular weight excluding hydrogens is 212 g/mol. The highest BCUT2D eigenvalue weighted by atomic mass is 16.3. The molecular formula is C14H30N2O. The van der Waals surface area contributed by atoms with Crippen LogP contribution in [0.5, 0.6) is 0 Å². The smallest absolute Gasteiger partial charge is 0.0540 e. The van der Waals surface area contributed by atoms with Crippen molar-refractivity contribution in [3.63, 3.8) is 0 Å². The number of hydrogen-bond donors (Lipinski definition) is 1. The summed E-state index contributed by atoms with van der Waals surface area (Å²) in [5, 5.41) is 9.73. The largest absolute Gasteiger partial charge is 0.393 e. The first kappa shape index (κ1) is 14.9. The van der Waals surface area contributed by atoms with Gasteiger partial charge in [0.15, 0.2) is 0 Å². The van der Waals surface area contributed by atoms with Gasteiger partial charge in [0.2, 0.25) is 0 Å². The Kier molecular flexibility index (Phi) is 7.82. The number of rotatable bonds is 8. The minimum absolute atomic E-state index is 0.0533. The van der Waals surface area contributed by atoms with Crippen LogP contribution in [-0.4, -0.2) is 60.8 Å². The molecule has 0 unspecified atom stereocenters. The van der Waals surface area contributed by atoms with E-state index in [1.54, 1.807) is 0 Å². The molecule has 0 radical (unpaired) electrons. The third-order valence-electron chi connectivity index (χ3n) is 3.75. The summed E-state index contributed by atoms with van der Waals surface area (Å²) in [6.07, 6.45) is 6.71. The lowest BCUT2D eigenvalue weighted by molar-refractivity contribution is 0.135. The fourth-order valence-corrected chi connectivity index (χ4v) is 2.37. The number of piperazine rings is 1. The summed E-state index contributed by atoms with van der Waals surface area (Å²) in [6, 6.07) is 0. The van der Waals surface area contributed by atoms with Crippen LogP contribution in [0.25, 0.3) is 0 Å². The number of nitrogens with zero attached hydrogens (tertiary/aromatic N) is 2. The summed E-state index contributed by atoms with van der Waals surface area (Å²) in [4.78, 5) is 4.95. The molecule has 0 aromatic heterocycles. The predicted molar refractivity (Wildman–Crippen MR) is 73.3 cm³/mol. The highest BCUT2D eigenvalue weighted by molar-refractivity contribution is 4.69. The molecule has 3 heteroatoms. The van der Waals surface area contributed by atoms with Crippen molar-refractivity contribution in [3.05, 3.63) is 0 Å². The van der Waals surface area contributed by atoms with Crippen molar-refractivity contribution >= 4 is 0 Å². The fourth-order valence-electron chi connectivity index (χ4n) is 2.37. The SMILES string of the molecule is CCCC[C@H](O)CCCCN1CCN(C)CC1. The van der Waals surface area contributed by atoms with E-state index in [9.17, 15) is 5.11 Å². The van der Waals surface area contributed by atoms with Crippen LogP contribution in [0.3, 0.4) is 0 Å². The second-order valence-corrected chi connectivity index (χ2v) is 5.44. The summed E-state index contributed by atoms with van der Waals surface area (Å²) in [7, 11) is 2.20. The molecule has 0 aromatic rings. The summed E-state index contributed by atoms with van der Waals surface area (Å²) in [5.74, 6) is 0. The second kappa shape index (κ2) is 8.90. The van der Waals surface area contributed by atoms with Crippen molar-refractivity contribution in [2.24, 2.45) is 0 Å². The number of unbranched alkanes of at least 4 members (excludes halogenated alkanes) is 2. The molecule has 1 rings (SSSR count). The fraction of sp³-hybridized carbons (Fsp3) is 1.00. The molecule has 1 aliphatic heterocycles. The van der Waals surface area contributed by atoms with Gasteiger partial charge in [0.1, 0.15) is 0 Å². The zero-order chi connectivity index (χ0) is 12.5. The summed E-state index contributed by atoms with van der Waals surface area (Å²) in [6.45, 7) is 8.25.